The lowest BCUT2D eigenvalue weighted by Crippen LogP contribution is -2.39. The topological polar surface area (TPSA) is 120 Å². The Morgan fingerprint density at radius 2 is 1.83 bits per heavy atom. The zero-order valence-corrected chi connectivity index (χ0v) is 22.6. The number of anilines is 1. The second kappa shape index (κ2) is 11.0. The number of aromatic amines is 1. The molecule has 9 heteroatoms. The summed E-state index contributed by atoms with van der Waals surface area (Å²) in [5.41, 5.74) is 10.7. The van der Waals surface area contributed by atoms with Gasteiger partial charge in [0.05, 0.1) is 24.1 Å². The highest BCUT2D eigenvalue weighted by atomic mass is 19.1. The maximum absolute atomic E-state index is 14.3. The Bertz CT molecular complexity index is 1680. The van der Waals surface area contributed by atoms with E-state index in [1.807, 2.05) is 43.3 Å². The summed E-state index contributed by atoms with van der Waals surface area (Å²) >= 11 is 0. The number of nitrogens with zero attached hydrogens (tertiary/aromatic N) is 3. The van der Waals surface area contributed by atoms with Gasteiger partial charge in [-0.3, -0.25) is 4.79 Å². The fourth-order valence-corrected chi connectivity index (χ4v) is 5.38. The first-order chi connectivity index (χ1) is 19.8. The molecule has 3 heterocycles. The third-order valence-electron chi connectivity index (χ3n) is 7.58. The van der Waals surface area contributed by atoms with Gasteiger partial charge in [-0.1, -0.05) is 18.2 Å². The van der Waals surface area contributed by atoms with Crippen LogP contribution in [0.3, 0.4) is 0 Å². The molecule has 3 aromatic carbocycles. The van der Waals surface area contributed by atoms with Crippen molar-refractivity contribution in [2.24, 2.45) is 5.73 Å². The highest BCUT2D eigenvalue weighted by Gasteiger charge is 2.24. The number of aryl methyl sites for hydroxylation is 1. The zero-order chi connectivity index (χ0) is 28.5. The van der Waals surface area contributed by atoms with Crippen LogP contribution in [-0.4, -0.2) is 45.1 Å². The van der Waals surface area contributed by atoms with Crippen LogP contribution in [0.5, 0.6) is 5.75 Å². The molecule has 6 rings (SSSR count). The number of carbonyl (C=O) groups is 1. The maximum atomic E-state index is 14.3. The van der Waals surface area contributed by atoms with E-state index in [-0.39, 0.29) is 23.3 Å². The number of aromatic hydroxyl groups is 1. The average Bonchev–Trinajstić information content (AvgIpc) is 3.41. The average molecular weight is 551 g/mol. The van der Waals surface area contributed by atoms with E-state index in [1.54, 1.807) is 24.5 Å². The van der Waals surface area contributed by atoms with E-state index >= 15 is 0 Å². The summed E-state index contributed by atoms with van der Waals surface area (Å²) in [6, 6.07) is 18.1. The number of fused-ring (bicyclic) bond motifs is 1. The van der Waals surface area contributed by atoms with Gasteiger partial charge in [-0.05, 0) is 79.2 Å². The number of phenolic OH excluding ortho intramolecular Hbond substituents is 1. The van der Waals surface area contributed by atoms with Crippen LogP contribution in [0, 0.1) is 12.7 Å². The Kier molecular flexibility index (Phi) is 7.11. The molecule has 41 heavy (non-hydrogen) atoms. The molecule has 2 aromatic heterocycles. The third-order valence-corrected chi connectivity index (χ3v) is 7.58. The fourth-order valence-electron chi connectivity index (χ4n) is 5.38. The minimum Gasteiger partial charge on any atom is -0.508 e. The molecule has 5 N–H and O–H groups in total. The Balaban J connectivity index is 1.30. The molecule has 1 saturated heterocycles. The SMILES string of the molecule is Cc1cc(C(=O)NC(c2cc3ccccc3[nH]2)c2cc(F)ccc2O)cc(-c2ncc(N3CCC(N)CC3)cn2)c1. The van der Waals surface area contributed by atoms with Crippen LogP contribution in [-0.2, 0) is 0 Å². The molecular formula is C32H31FN6O2. The summed E-state index contributed by atoms with van der Waals surface area (Å²) in [6.45, 7) is 3.65. The van der Waals surface area contributed by atoms with Crippen LogP contribution < -0.4 is 16.0 Å². The van der Waals surface area contributed by atoms with Gasteiger partial charge >= 0.3 is 0 Å². The number of hydrogen-bond acceptors (Lipinski definition) is 6. The number of nitrogens with two attached hydrogens (primary N) is 1. The maximum Gasteiger partial charge on any atom is 0.252 e. The summed E-state index contributed by atoms with van der Waals surface area (Å²) in [5.74, 6) is -0.512. The Morgan fingerprint density at radius 1 is 1.07 bits per heavy atom. The summed E-state index contributed by atoms with van der Waals surface area (Å²) < 4.78 is 14.3. The van der Waals surface area contributed by atoms with Crippen molar-refractivity contribution in [3.63, 3.8) is 0 Å². The predicted molar refractivity (Wildman–Crippen MR) is 157 cm³/mol. The van der Waals surface area contributed by atoms with Crippen molar-refractivity contribution in [3.8, 4) is 17.1 Å². The molecule has 0 saturated carbocycles. The van der Waals surface area contributed by atoms with E-state index in [4.69, 9.17) is 5.73 Å². The van der Waals surface area contributed by atoms with Crippen LogP contribution in [0.1, 0.15) is 46.1 Å². The first-order valence-electron chi connectivity index (χ1n) is 13.7. The van der Waals surface area contributed by atoms with Crippen molar-refractivity contribution in [1.29, 1.82) is 0 Å². The van der Waals surface area contributed by atoms with Crippen LogP contribution in [0.2, 0.25) is 0 Å². The van der Waals surface area contributed by atoms with Gasteiger partial charge < -0.3 is 26.0 Å². The van der Waals surface area contributed by atoms with Crippen molar-refractivity contribution < 1.29 is 14.3 Å². The van der Waals surface area contributed by atoms with Crippen molar-refractivity contribution in [3.05, 3.63) is 107 Å². The van der Waals surface area contributed by atoms with Gasteiger partial charge in [-0.2, -0.15) is 0 Å². The van der Waals surface area contributed by atoms with E-state index in [9.17, 15) is 14.3 Å². The van der Waals surface area contributed by atoms with Crippen molar-refractivity contribution >= 4 is 22.5 Å². The number of piperidine rings is 1. The van der Waals surface area contributed by atoms with Gasteiger partial charge in [-0.15, -0.1) is 0 Å². The van der Waals surface area contributed by atoms with E-state index in [1.165, 1.54) is 18.2 Å². The molecule has 0 bridgehead atoms. The number of H-pyrrole nitrogens is 1. The van der Waals surface area contributed by atoms with Gasteiger partial charge in [0.15, 0.2) is 5.82 Å². The Labute approximate surface area is 237 Å². The van der Waals surface area contributed by atoms with Crippen LogP contribution >= 0.6 is 0 Å². The number of rotatable bonds is 6. The second-order valence-corrected chi connectivity index (χ2v) is 10.6. The van der Waals surface area contributed by atoms with Gasteiger partial charge in [0, 0.05) is 47.0 Å². The molecular weight excluding hydrogens is 519 g/mol. The lowest BCUT2D eigenvalue weighted by molar-refractivity contribution is 0.0942. The van der Waals surface area contributed by atoms with Gasteiger partial charge in [0.1, 0.15) is 11.6 Å². The number of nitrogens with one attached hydrogen (secondary N) is 2. The number of aromatic nitrogens is 3. The number of hydrogen-bond donors (Lipinski definition) is 4. The second-order valence-electron chi connectivity index (χ2n) is 10.6. The first kappa shape index (κ1) is 26.5. The normalized spacial score (nSPS) is 14.8. The zero-order valence-electron chi connectivity index (χ0n) is 22.6. The molecule has 0 aliphatic carbocycles. The summed E-state index contributed by atoms with van der Waals surface area (Å²) in [5, 5.41) is 14.6. The molecule has 0 radical (unpaired) electrons. The van der Waals surface area contributed by atoms with E-state index in [0.717, 1.165) is 48.1 Å². The van der Waals surface area contributed by atoms with Gasteiger partial charge in [-0.25, -0.2) is 14.4 Å². The van der Waals surface area contributed by atoms with Crippen LogP contribution in [0.25, 0.3) is 22.3 Å². The molecule has 1 unspecified atom stereocenters. The minimum absolute atomic E-state index is 0.121. The number of halogens is 1. The summed E-state index contributed by atoms with van der Waals surface area (Å²) in [4.78, 5) is 28.4. The van der Waals surface area contributed by atoms with E-state index in [2.05, 4.69) is 25.2 Å². The number of benzene rings is 3. The molecule has 208 valence electrons. The highest BCUT2D eigenvalue weighted by molar-refractivity contribution is 5.96. The number of para-hydroxylation sites is 1. The molecule has 8 nitrogen and oxygen atoms in total. The first-order valence-corrected chi connectivity index (χ1v) is 13.7. The lowest BCUT2D eigenvalue weighted by Gasteiger charge is -2.31. The summed E-state index contributed by atoms with van der Waals surface area (Å²) in [7, 11) is 0. The molecule has 1 atom stereocenters. The van der Waals surface area contributed by atoms with Gasteiger partial charge in [0.25, 0.3) is 5.91 Å². The Morgan fingerprint density at radius 3 is 2.59 bits per heavy atom. The van der Waals surface area contributed by atoms with E-state index in [0.29, 0.717) is 22.6 Å². The third kappa shape index (κ3) is 5.62. The highest BCUT2D eigenvalue weighted by Crippen LogP contribution is 2.32. The molecule has 1 fully saturated rings. The Hall–Kier alpha value is -4.76. The van der Waals surface area contributed by atoms with Crippen molar-refractivity contribution in [2.45, 2.75) is 31.8 Å². The minimum atomic E-state index is -0.831. The van der Waals surface area contributed by atoms with Gasteiger partial charge in [0.2, 0.25) is 0 Å². The van der Waals surface area contributed by atoms with E-state index < -0.39 is 11.9 Å². The fraction of sp³-hybridized carbons (Fsp3) is 0.219. The molecule has 0 spiro atoms. The van der Waals surface area contributed by atoms with Crippen LogP contribution in [0.4, 0.5) is 10.1 Å². The number of phenols is 1. The standard InChI is InChI=1S/C32H31FN6O2/c1-19-12-21(31-35-17-25(18-36-31)39-10-8-24(34)9-11-39)14-22(13-19)32(41)38-30(26-16-23(33)6-7-29(26)40)28-15-20-4-2-3-5-27(20)37-28/h2-7,12-18,24,30,37,40H,8-11,34H2,1H3,(H,38,41). The lowest BCUT2D eigenvalue weighted by atomic mass is 10.0. The largest absolute Gasteiger partial charge is 0.508 e. The monoisotopic (exact) mass is 550 g/mol. The van der Waals surface area contributed by atoms with Crippen molar-refractivity contribution in [2.75, 3.05) is 18.0 Å². The van der Waals surface area contributed by atoms with Crippen LogP contribution in [0.15, 0.2) is 79.1 Å². The quantitative estimate of drug-likeness (QED) is 0.230. The smallest absolute Gasteiger partial charge is 0.252 e. The molecule has 1 amide bonds. The van der Waals surface area contributed by atoms with Crippen molar-refractivity contribution in [1.82, 2.24) is 20.3 Å². The summed E-state index contributed by atoms with van der Waals surface area (Å²) in [6.07, 6.45) is 5.48. The molecule has 5 aromatic rings. The molecule has 1 aliphatic rings. The predicted octanol–water partition coefficient (Wildman–Crippen LogP) is 5.22. The number of amides is 1. The number of carbonyl (C=O) groups excluding carboxylic acids is 1. The molecule has 1 aliphatic heterocycles.